The number of carbonyl (C=O) groups is 2. The Hall–Kier alpha value is -4.79. The van der Waals surface area contributed by atoms with Crippen LogP contribution in [0.4, 0.5) is 13.2 Å². The molecule has 0 heterocycles. The molecule has 4 aromatic carbocycles. The number of carboxylic acids is 1. The van der Waals surface area contributed by atoms with Crippen molar-refractivity contribution < 1.29 is 37.3 Å². The number of alkyl halides is 3. The lowest BCUT2D eigenvalue weighted by Gasteiger charge is -2.24. The molecule has 0 spiro atoms. The molecule has 0 unspecified atom stereocenters. The third-order valence-electron chi connectivity index (χ3n) is 7.10. The fraction of sp³-hybridized carbons (Fsp3) is 0.257. The molecular weight excluding hydrogens is 571 g/mol. The van der Waals surface area contributed by atoms with E-state index in [-0.39, 0.29) is 5.91 Å². The van der Waals surface area contributed by atoms with E-state index in [9.17, 15) is 27.9 Å². The number of nitrogens with zero attached hydrogens (tertiary/aromatic N) is 1. The van der Waals surface area contributed by atoms with Crippen LogP contribution in [0.15, 0.2) is 97.1 Å². The van der Waals surface area contributed by atoms with Crippen LogP contribution in [-0.4, -0.2) is 40.6 Å². The smallest absolute Gasteiger partial charge is 0.416 e. The zero-order valence-corrected chi connectivity index (χ0v) is 24.7. The van der Waals surface area contributed by atoms with Gasteiger partial charge < -0.3 is 19.5 Å². The number of carboxylic acid groups (broad SMARTS) is 1. The van der Waals surface area contributed by atoms with Crippen LogP contribution in [0.3, 0.4) is 0 Å². The van der Waals surface area contributed by atoms with Gasteiger partial charge >= 0.3 is 12.1 Å². The van der Waals surface area contributed by atoms with E-state index in [1.54, 1.807) is 54.3 Å². The van der Waals surface area contributed by atoms with E-state index in [2.05, 4.69) is 0 Å². The van der Waals surface area contributed by atoms with Gasteiger partial charge in [-0.3, -0.25) is 4.79 Å². The van der Waals surface area contributed by atoms with Crippen LogP contribution in [0, 0.1) is 6.92 Å². The highest BCUT2D eigenvalue weighted by Crippen LogP contribution is 2.31. The van der Waals surface area contributed by atoms with Gasteiger partial charge in [-0.2, -0.15) is 13.2 Å². The van der Waals surface area contributed by atoms with Crippen molar-refractivity contribution in [2.45, 2.75) is 45.4 Å². The van der Waals surface area contributed by atoms with Gasteiger partial charge in [0.1, 0.15) is 17.2 Å². The summed E-state index contributed by atoms with van der Waals surface area (Å²) in [6.45, 7) is 5.45. The number of halogens is 3. The molecule has 0 atom stereocenters. The number of aryl methyl sites for hydroxylation is 1. The highest BCUT2D eigenvalue weighted by molar-refractivity contribution is 5.94. The minimum absolute atomic E-state index is 0.228. The SMILES string of the molecule is Cc1cc(Oc2cccc(C(=O)N(CCc3ccccc3)CCc3ccc(C(F)(F)F)cc3)c2)ccc1OC(C)(C)C(=O)O. The number of benzene rings is 4. The van der Waals surface area contributed by atoms with Crippen molar-refractivity contribution in [1.82, 2.24) is 4.90 Å². The molecule has 0 radical (unpaired) electrons. The first-order chi connectivity index (χ1) is 20.8. The molecule has 44 heavy (non-hydrogen) atoms. The van der Waals surface area contributed by atoms with Crippen LogP contribution < -0.4 is 9.47 Å². The van der Waals surface area contributed by atoms with Crippen molar-refractivity contribution in [3.05, 3.63) is 125 Å². The van der Waals surface area contributed by atoms with Crippen molar-refractivity contribution in [2.24, 2.45) is 0 Å². The number of carbonyl (C=O) groups excluding carboxylic acids is 1. The zero-order chi connectivity index (χ0) is 31.9. The predicted molar refractivity (Wildman–Crippen MR) is 161 cm³/mol. The molecule has 0 aliphatic rings. The lowest BCUT2D eigenvalue weighted by atomic mass is 10.1. The fourth-order valence-electron chi connectivity index (χ4n) is 4.48. The molecule has 230 valence electrons. The molecule has 1 N–H and O–H groups in total. The molecule has 4 rings (SSSR count). The Labute approximate surface area is 254 Å². The standard InChI is InChI=1S/C35H34F3NO5/c1-24-22-30(16-17-31(24)44-34(2,3)33(41)42)43-29-11-7-10-27(23-29)32(40)39(20-18-25-8-5-4-6-9-25)21-19-26-12-14-28(15-13-26)35(36,37)38/h4-17,22-23H,18-21H2,1-3H3,(H,41,42). The quantitative estimate of drug-likeness (QED) is 0.177. The maximum atomic E-state index is 13.7. The van der Waals surface area contributed by atoms with Gasteiger partial charge in [0.2, 0.25) is 0 Å². The molecular formula is C35H34F3NO5. The van der Waals surface area contributed by atoms with Crippen LogP contribution in [0.25, 0.3) is 0 Å². The van der Waals surface area contributed by atoms with Gasteiger partial charge in [0.25, 0.3) is 5.91 Å². The van der Waals surface area contributed by atoms with E-state index in [4.69, 9.17) is 9.47 Å². The Bertz CT molecular complexity index is 1580. The van der Waals surface area contributed by atoms with Gasteiger partial charge in [0.05, 0.1) is 5.56 Å². The molecule has 1 amide bonds. The Morgan fingerprint density at radius 2 is 1.39 bits per heavy atom. The van der Waals surface area contributed by atoms with Gasteiger partial charge in [-0.05, 0) is 98.8 Å². The van der Waals surface area contributed by atoms with Gasteiger partial charge in [0, 0.05) is 18.7 Å². The van der Waals surface area contributed by atoms with Gasteiger partial charge in [-0.15, -0.1) is 0 Å². The maximum Gasteiger partial charge on any atom is 0.416 e. The number of aliphatic carboxylic acids is 1. The fourth-order valence-corrected chi connectivity index (χ4v) is 4.48. The van der Waals surface area contributed by atoms with E-state index in [0.717, 1.165) is 17.7 Å². The molecule has 0 saturated heterocycles. The Morgan fingerprint density at radius 3 is 1.98 bits per heavy atom. The Kier molecular flexibility index (Phi) is 9.98. The minimum Gasteiger partial charge on any atom is -0.478 e. The van der Waals surface area contributed by atoms with Crippen LogP contribution in [0.1, 0.15) is 46.5 Å². The Balaban J connectivity index is 1.49. The molecule has 0 fully saturated rings. The summed E-state index contributed by atoms with van der Waals surface area (Å²) in [4.78, 5) is 26.9. The average molecular weight is 606 g/mol. The highest BCUT2D eigenvalue weighted by Gasteiger charge is 2.31. The van der Waals surface area contributed by atoms with Crippen LogP contribution in [0.2, 0.25) is 0 Å². The molecule has 0 aliphatic carbocycles. The Morgan fingerprint density at radius 1 is 0.773 bits per heavy atom. The predicted octanol–water partition coefficient (Wildman–Crippen LogP) is 7.98. The first-order valence-corrected chi connectivity index (χ1v) is 14.1. The van der Waals surface area contributed by atoms with Crippen LogP contribution in [0.5, 0.6) is 17.2 Å². The van der Waals surface area contributed by atoms with Crippen LogP contribution in [-0.2, 0) is 23.8 Å². The molecule has 0 bridgehead atoms. The lowest BCUT2D eigenvalue weighted by molar-refractivity contribution is -0.152. The number of hydrogen-bond donors (Lipinski definition) is 1. The molecule has 4 aromatic rings. The van der Waals surface area contributed by atoms with Crippen molar-refractivity contribution in [1.29, 1.82) is 0 Å². The summed E-state index contributed by atoms with van der Waals surface area (Å²) in [5, 5.41) is 9.35. The van der Waals surface area contributed by atoms with Crippen molar-refractivity contribution in [3.8, 4) is 17.2 Å². The number of rotatable bonds is 12. The normalized spacial score (nSPS) is 11.6. The van der Waals surface area contributed by atoms with Gasteiger partial charge in [-0.1, -0.05) is 48.5 Å². The maximum absolute atomic E-state index is 13.7. The van der Waals surface area contributed by atoms with Gasteiger partial charge in [0.15, 0.2) is 5.60 Å². The van der Waals surface area contributed by atoms with Crippen molar-refractivity contribution in [2.75, 3.05) is 13.1 Å². The summed E-state index contributed by atoms with van der Waals surface area (Å²) in [7, 11) is 0. The summed E-state index contributed by atoms with van der Waals surface area (Å²) in [5.41, 5.74) is 0.730. The second-order valence-corrected chi connectivity index (χ2v) is 10.9. The lowest BCUT2D eigenvalue weighted by Crippen LogP contribution is -2.38. The minimum atomic E-state index is -4.41. The zero-order valence-electron chi connectivity index (χ0n) is 24.7. The summed E-state index contributed by atoms with van der Waals surface area (Å²) < 4.78 is 50.7. The van der Waals surface area contributed by atoms with E-state index in [1.807, 2.05) is 30.3 Å². The second-order valence-electron chi connectivity index (χ2n) is 10.9. The van der Waals surface area contributed by atoms with E-state index in [0.29, 0.717) is 59.9 Å². The van der Waals surface area contributed by atoms with Crippen LogP contribution >= 0.6 is 0 Å². The number of ether oxygens (including phenoxy) is 2. The monoisotopic (exact) mass is 605 g/mol. The van der Waals surface area contributed by atoms with Crippen molar-refractivity contribution >= 4 is 11.9 Å². The second kappa shape index (κ2) is 13.7. The third-order valence-corrected chi connectivity index (χ3v) is 7.10. The first-order valence-electron chi connectivity index (χ1n) is 14.1. The summed E-state index contributed by atoms with van der Waals surface area (Å²) in [6, 6.07) is 26.5. The molecule has 6 nitrogen and oxygen atoms in total. The largest absolute Gasteiger partial charge is 0.478 e. The number of hydrogen-bond acceptors (Lipinski definition) is 4. The molecule has 9 heteroatoms. The van der Waals surface area contributed by atoms with E-state index < -0.39 is 23.3 Å². The summed E-state index contributed by atoms with van der Waals surface area (Å²) in [6.07, 6.45) is -3.40. The first kappa shape index (κ1) is 32.1. The number of amides is 1. The third kappa shape index (κ3) is 8.63. The van der Waals surface area contributed by atoms with E-state index >= 15 is 0 Å². The summed E-state index contributed by atoms with van der Waals surface area (Å²) >= 11 is 0. The van der Waals surface area contributed by atoms with Gasteiger partial charge in [-0.25, -0.2) is 4.79 Å². The molecule has 0 aliphatic heterocycles. The molecule has 0 aromatic heterocycles. The molecule has 0 saturated carbocycles. The van der Waals surface area contributed by atoms with E-state index in [1.165, 1.54) is 26.0 Å². The summed E-state index contributed by atoms with van der Waals surface area (Å²) in [5.74, 6) is 0.0112. The highest BCUT2D eigenvalue weighted by atomic mass is 19.4. The topological polar surface area (TPSA) is 76.1 Å². The van der Waals surface area contributed by atoms with Crippen molar-refractivity contribution in [3.63, 3.8) is 0 Å². The average Bonchev–Trinajstić information content (AvgIpc) is 2.98.